The van der Waals surface area contributed by atoms with Crippen LogP contribution in [0.3, 0.4) is 0 Å². The normalized spacial score (nSPS) is 11.6. The maximum Gasteiger partial charge on any atom is 0.317 e. The van der Waals surface area contributed by atoms with Gasteiger partial charge in [0.15, 0.2) is 0 Å². The Morgan fingerprint density at radius 1 is 0.707 bits per heavy atom. The lowest BCUT2D eigenvalue weighted by Gasteiger charge is -2.19. The van der Waals surface area contributed by atoms with Crippen molar-refractivity contribution in [3.05, 3.63) is 29.8 Å². The van der Waals surface area contributed by atoms with Gasteiger partial charge in [0.05, 0.1) is 31.0 Å². The van der Waals surface area contributed by atoms with E-state index in [1.807, 2.05) is 6.92 Å². The summed E-state index contributed by atoms with van der Waals surface area (Å²) in [5, 5.41) is 16.5. The highest BCUT2D eigenvalue weighted by atomic mass is 32.2. The minimum absolute atomic E-state index is 0.0762. The van der Waals surface area contributed by atoms with Gasteiger partial charge in [0, 0.05) is 0 Å². The molecule has 1 aromatic rings. The third kappa shape index (κ3) is 25.7. The molecular weight excluding hydrogens is 560 g/mol. The molecule has 0 saturated heterocycles. The second kappa shape index (κ2) is 17.7. The first-order valence-electron chi connectivity index (χ1n) is 12.8. The Balaban J connectivity index is 0. The summed E-state index contributed by atoms with van der Waals surface area (Å²) < 4.78 is 43.2. The number of aliphatic carboxylic acids is 1. The van der Waals surface area contributed by atoms with Crippen LogP contribution >= 0.6 is 0 Å². The van der Waals surface area contributed by atoms with Crippen LogP contribution in [0.5, 0.6) is 0 Å². The van der Waals surface area contributed by atoms with Crippen LogP contribution in [0.25, 0.3) is 0 Å². The zero-order valence-electron chi connectivity index (χ0n) is 25.7. The van der Waals surface area contributed by atoms with Gasteiger partial charge in [-0.25, -0.2) is 0 Å². The maximum atomic E-state index is 11.8. The van der Waals surface area contributed by atoms with Crippen molar-refractivity contribution in [1.29, 1.82) is 0 Å². The van der Waals surface area contributed by atoms with Gasteiger partial charge >= 0.3 is 23.9 Å². The monoisotopic (exact) mass is 606 g/mol. The maximum absolute atomic E-state index is 11.8. The van der Waals surface area contributed by atoms with Crippen molar-refractivity contribution in [3.63, 3.8) is 0 Å². The molecule has 12 nitrogen and oxygen atoms in total. The van der Waals surface area contributed by atoms with E-state index in [1.54, 1.807) is 74.4 Å². The van der Waals surface area contributed by atoms with Crippen molar-refractivity contribution in [2.45, 2.75) is 110 Å². The van der Waals surface area contributed by atoms with Crippen LogP contribution in [0.2, 0.25) is 0 Å². The number of hydrogen-bond donors (Lipinski definition) is 2. The molecule has 41 heavy (non-hydrogen) atoms. The number of ether oxygens (including phenoxy) is 3. The number of aryl methyl sites for hydroxylation is 1. The van der Waals surface area contributed by atoms with Crippen LogP contribution < -0.4 is 0 Å². The van der Waals surface area contributed by atoms with Gasteiger partial charge < -0.3 is 24.4 Å². The van der Waals surface area contributed by atoms with E-state index in [2.05, 4.69) is 0 Å². The highest BCUT2D eigenvalue weighted by Gasteiger charge is 2.20. The van der Waals surface area contributed by atoms with Crippen molar-refractivity contribution in [2.75, 3.05) is 13.2 Å². The van der Waals surface area contributed by atoms with Crippen molar-refractivity contribution in [3.8, 4) is 0 Å². The van der Waals surface area contributed by atoms with Gasteiger partial charge in [-0.2, -0.15) is 8.42 Å². The Morgan fingerprint density at radius 2 is 1.10 bits per heavy atom. The summed E-state index contributed by atoms with van der Waals surface area (Å²) in [5.41, 5.74) is -0.677. The molecule has 0 bridgehead atoms. The first-order valence-corrected chi connectivity index (χ1v) is 14.2. The predicted molar refractivity (Wildman–Crippen MR) is 150 cm³/mol. The van der Waals surface area contributed by atoms with Gasteiger partial charge in [-0.15, -0.1) is 0 Å². The lowest BCUT2D eigenvalue weighted by molar-refractivity contribution is -0.160. The van der Waals surface area contributed by atoms with Crippen LogP contribution in [-0.4, -0.2) is 72.5 Å². The van der Waals surface area contributed by atoms with Crippen molar-refractivity contribution < 1.29 is 56.2 Å². The minimum Gasteiger partial charge on any atom is -0.481 e. The SMILES string of the molecule is CC(C)(C)OC(=O)CC(=O)O.CC(C)(C)OC(=O)CCO.Cc1ccc(S(=O)(=O)OCCC(=O)OC(C)(C)C)cc1. The van der Waals surface area contributed by atoms with Gasteiger partial charge in [-0.05, 0) is 81.4 Å². The zero-order valence-corrected chi connectivity index (χ0v) is 26.5. The molecule has 2 N–H and O–H groups in total. The molecule has 0 atom stereocenters. The minimum atomic E-state index is -3.82. The average Bonchev–Trinajstić information content (AvgIpc) is 2.70. The smallest absolute Gasteiger partial charge is 0.317 e. The molecular formula is C28H46O12S. The van der Waals surface area contributed by atoms with Crippen LogP contribution in [0.15, 0.2) is 29.2 Å². The van der Waals surface area contributed by atoms with Gasteiger partial charge in [0.25, 0.3) is 10.1 Å². The number of benzene rings is 1. The molecule has 13 heteroatoms. The lowest BCUT2D eigenvalue weighted by atomic mass is 10.2. The topological polar surface area (TPSA) is 180 Å². The molecule has 0 fully saturated rings. The Kier molecular flexibility index (Phi) is 17.3. The number of hydrogen-bond acceptors (Lipinski definition) is 11. The molecule has 0 heterocycles. The van der Waals surface area contributed by atoms with Gasteiger partial charge in [-0.1, -0.05) is 17.7 Å². The summed E-state index contributed by atoms with van der Waals surface area (Å²) >= 11 is 0. The van der Waals surface area contributed by atoms with Gasteiger partial charge in [-0.3, -0.25) is 23.4 Å². The molecule has 1 aromatic carbocycles. The summed E-state index contributed by atoms with van der Waals surface area (Å²) in [6.07, 6.45) is -0.600. The number of rotatable bonds is 9. The molecule has 0 amide bonds. The van der Waals surface area contributed by atoms with Crippen molar-refractivity contribution >= 4 is 34.0 Å². The largest absolute Gasteiger partial charge is 0.481 e. The van der Waals surface area contributed by atoms with E-state index in [1.165, 1.54) is 12.1 Å². The Hall–Kier alpha value is -3.03. The summed E-state index contributed by atoms with van der Waals surface area (Å²) in [6.45, 7) is 17.2. The van der Waals surface area contributed by atoms with E-state index < -0.39 is 51.3 Å². The lowest BCUT2D eigenvalue weighted by Crippen LogP contribution is -2.25. The third-order valence-electron chi connectivity index (χ3n) is 3.73. The summed E-state index contributed by atoms with van der Waals surface area (Å²) in [6, 6.07) is 6.31. The number of carbonyl (C=O) groups excluding carboxylic acids is 3. The second-order valence-electron chi connectivity index (χ2n) is 11.6. The highest BCUT2D eigenvalue weighted by Crippen LogP contribution is 2.14. The fraction of sp³-hybridized carbons (Fsp3) is 0.643. The Bertz CT molecular complexity index is 1070. The Labute approximate surface area is 243 Å². The molecule has 0 unspecified atom stereocenters. The molecule has 1 rings (SSSR count). The average molecular weight is 607 g/mol. The van der Waals surface area contributed by atoms with Crippen molar-refractivity contribution in [2.24, 2.45) is 0 Å². The first kappa shape index (κ1) is 40.1. The van der Waals surface area contributed by atoms with Crippen LogP contribution in [0, 0.1) is 6.92 Å². The second-order valence-corrected chi connectivity index (χ2v) is 13.3. The van der Waals surface area contributed by atoms with Gasteiger partial charge in [0.1, 0.15) is 23.2 Å². The van der Waals surface area contributed by atoms with Gasteiger partial charge in [0.2, 0.25) is 0 Å². The number of aliphatic hydroxyl groups is 1. The van der Waals surface area contributed by atoms with E-state index in [0.29, 0.717) is 0 Å². The molecule has 0 radical (unpaired) electrons. The first-order chi connectivity index (χ1) is 18.4. The molecule has 0 aliphatic heterocycles. The fourth-order valence-electron chi connectivity index (χ4n) is 2.39. The molecule has 0 spiro atoms. The molecule has 236 valence electrons. The quantitative estimate of drug-likeness (QED) is 0.179. The van der Waals surface area contributed by atoms with E-state index in [0.717, 1.165) is 5.56 Å². The number of esters is 3. The number of carboxylic acids is 1. The van der Waals surface area contributed by atoms with Crippen LogP contribution in [0.4, 0.5) is 0 Å². The standard InChI is InChI=1S/C14H20O5S.C7H12O4.C7H14O3/c1-11-5-7-12(8-6-11)20(16,17)18-10-9-13(15)19-14(2,3)4;1-7(2,3)11-6(10)4-5(8)9;1-7(2,3)10-6(9)4-5-8/h5-8H,9-10H2,1-4H3;4H2,1-3H3,(H,8,9);8H,4-5H2,1-3H3. The van der Waals surface area contributed by atoms with E-state index in [4.69, 9.17) is 28.6 Å². The summed E-state index contributed by atoms with van der Waals surface area (Å²) in [5.74, 6) is -2.71. The fourth-order valence-corrected chi connectivity index (χ4v) is 3.29. The van der Waals surface area contributed by atoms with Crippen LogP contribution in [0.1, 0.15) is 87.1 Å². The number of aliphatic hydroxyl groups excluding tert-OH is 1. The zero-order chi connectivity index (χ0) is 32.7. The van der Waals surface area contributed by atoms with Crippen molar-refractivity contribution in [1.82, 2.24) is 0 Å². The molecule has 0 aromatic heterocycles. The van der Waals surface area contributed by atoms with E-state index >= 15 is 0 Å². The van der Waals surface area contributed by atoms with E-state index in [9.17, 15) is 27.6 Å². The predicted octanol–water partition coefficient (Wildman–Crippen LogP) is 3.95. The summed E-state index contributed by atoms with van der Waals surface area (Å²) in [7, 11) is -3.82. The Morgan fingerprint density at radius 3 is 1.46 bits per heavy atom. The molecule has 0 aliphatic rings. The third-order valence-corrected chi connectivity index (χ3v) is 5.05. The van der Waals surface area contributed by atoms with E-state index in [-0.39, 0.29) is 36.9 Å². The number of carboxylic acid groups (broad SMARTS) is 1. The molecule has 0 aliphatic carbocycles. The van der Waals surface area contributed by atoms with Crippen LogP contribution in [-0.2, 0) is 47.7 Å². The highest BCUT2D eigenvalue weighted by molar-refractivity contribution is 7.86. The number of carbonyl (C=O) groups is 4. The summed E-state index contributed by atoms with van der Waals surface area (Å²) in [4.78, 5) is 42.8. The molecule has 0 saturated carbocycles.